The van der Waals surface area contributed by atoms with E-state index in [1.807, 2.05) is 0 Å². The van der Waals surface area contributed by atoms with Crippen LogP contribution in [0.15, 0.2) is 42.5 Å². The molecule has 3 heteroatoms. The fraction of sp³-hybridized carbons (Fsp3) is 0.667. The average Bonchev–Trinajstić information content (AvgIpc) is 3.07. The smallest absolute Gasteiger partial charge is 0.0751 e. The van der Waals surface area contributed by atoms with Crippen LogP contribution in [0.4, 0.5) is 0 Å². The van der Waals surface area contributed by atoms with Crippen molar-refractivity contribution in [2.24, 2.45) is 23.7 Å². The van der Waals surface area contributed by atoms with Gasteiger partial charge in [0.15, 0.2) is 0 Å². The molecule has 4 aliphatic rings. The summed E-state index contributed by atoms with van der Waals surface area (Å²) >= 11 is 0. The molecule has 4 aliphatic carbocycles. The van der Waals surface area contributed by atoms with Gasteiger partial charge in [0, 0.05) is 21.1 Å². The van der Waals surface area contributed by atoms with Crippen molar-refractivity contribution < 1.29 is 0 Å². The zero-order valence-electron chi connectivity index (χ0n) is 26.1. The first-order valence-corrected chi connectivity index (χ1v) is 19.2. The van der Waals surface area contributed by atoms with Gasteiger partial charge in [-0.05, 0) is 92.2 Å². The molecule has 2 unspecified atom stereocenters. The molecule has 0 N–H and O–H groups in total. The Morgan fingerprint density at radius 1 is 0.452 bits per heavy atom. The van der Waals surface area contributed by atoms with E-state index in [1.54, 1.807) is 11.1 Å². The van der Waals surface area contributed by atoms with Crippen LogP contribution < -0.4 is 0 Å². The summed E-state index contributed by atoms with van der Waals surface area (Å²) in [5.41, 5.74) is 5.71. The fourth-order valence-corrected chi connectivity index (χ4v) is 12.2. The molecule has 0 bridgehead atoms. The minimum absolute atomic E-state index is 0.140. The lowest BCUT2D eigenvalue weighted by Crippen LogP contribution is -2.40. The van der Waals surface area contributed by atoms with E-state index < -0.39 is 0 Å². The van der Waals surface area contributed by atoms with E-state index in [-0.39, 0.29) is 10.3 Å². The number of fused-ring (bicyclic) bond motifs is 2. The van der Waals surface area contributed by atoms with Gasteiger partial charge in [-0.15, -0.1) is 18.5 Å². The number of hydrogen-bond donors (Lipinski definition) is 0. The maximum Gasteiger partial charge on any atom is 0.0751 e. The maximum absolute atomic E-state index is 5.86. The number of nitrogens with zero attached hydrogens (tertiary/aromatic N) is 1. The Balaban J connectivity index is 1.42. The molecule has 0 radical (unpaired) electrons. The van der Waals surface area contributed by atoms with Crippen molar-refractivity contribution in [3.63, 3.8) is 0 Å². The van der Waals surface area contributed by atoms with Crippen LogP contribution in [0.2, 0.25) is 0 Å². The summed E-state index contributed by atoms with van der Waals surface area (Å²) in [6.07, 6.45) is 27.9. The van der Waals surface area contributed by atoms with Crippen molar-refractivity contribution >= 4 is 40.3 Å². The molecule has 226 valence electrons. The van der Waals surface area contributed by atoms with E-state index in [4.69, 9.17) is 4.98 Å². The molecular weight excluding hydrogens is 544 g/mol. The molecule has 1 nitrogen and oxygen atoms in total. The number of aromatic nitrogens is 1. The molecule has 2 atom stereocenters. The molecule has 3 aromatic rings. The van der Waals surface area contributed by atoms with Gasteiger partial charge in [0.1, 0.15) is 0 Å². The van der Waals surface area contributed by atoms with Gasteiger partial charge in [-0.3, -0.25) is 0 Å². The van der Waals surface area contributed by atoms with Gasteiger partial charge < -0.3 is 0 Å². The van der Waals surface area contributed by atoms with Gasteiger partial charge in [-0.1, -0.05) is 113 Å². The normalized spacial score (nSPS) is 23.1. The molecule has 0 aliphatic heterocycles. The van der Waals surface area contributed by atoms with Crippen LogP contribution in [0, 0.1) is 23.7 Å². The Bertz CT molecular complexity index is 1220. The number of benzene rings is 2. The summed E-state index contributed by atoms with van der Waals surface area (Å²) in [5, 5.41) is 2.97. The largest absolute Gasteiger partial charge is 0.247 e. The summed E-state index contributed by atoms with van der Waals surface area (Å²) in [4.78, 5) is 5.86. The highest BCUT2D eigenvalue weighted by Gasteiger charge is 2.46. The third kappa shape index (κ3) is 5.30. The van der Waals surface area contributed by atoms with Crippen LogP contribution in [-0.2, 0) is 10.3 Å². The summed E-state index contributed by atoms with van der Waals surface area (Å²) < 4.78 is 0. The molecule has 4 saturated carbocycles. The Kier molecular flexibility index (Phi) is 9.01. The summed E-state index contributed by atoms with van der Waals surface area (Å²) in [6, 6.07) is 16.9. The number of pyridine rings is 1. The van der Waals surface area contributed by atoms with Crippen LogP contribution in [0.3, 0.4) is 0 Å². The quantitative estimate of drug-likeness (QED) is 0.203. The van der Waals surface area contributed by atoms with E-state index in [1.165, 1.54) is 150 Å². The third-order valence-corrected chi connectivity index (χ3v) is 15.2. The minimum atomic E-state index is 0.140. The van der Waals surface area contributed by atoms with Gasteiger partial charge in [-0.2, -0.15) is 0 Å². The van der Waals surface area contributed by atoms with Crippen LogP contribution in [0.1, 0.15) is 140 Å². The predicted octanol–water partition coefficient (Wildman–Crippen LogP) is 11.8. The first-order chi connectivity index (χ1) is 20.6. The van der Waals surface area contributed by atoms with Crippen LogP contribution in [0.5, 0.6) is 0 Å². The van der Waals surface area contributed by atoms with E-state index >= 15 is 0 Å². The lowest BCUT2D eigenvalue weighted by atomic mass is 9.65. The van der Waals surface area contributed by atoms with E-state index in [2.05, 4.69) is 60.9 Å². The second-order valence-corrected chi connectivity index (χ2v) is 16.9. The van der Waals surface area contributed by atoms with Crippen molar-refractivity contribution in [2.75, 3.05) is 0 Å². The van der Waals surface area contributed by atoms with E-state index in [0.29, 0.717) is 0 Å². The molecule has 0 spiro atoms. The maximum atomic E-state index is 5.86. The standard InChI is InChI=1S/C39H55NP2/c41-38(30-17-5-1-6-18-30,31-19-7-2-8-20-31)34-25-13-15-28-27-29-16-14-26-35(37(29)40-36(28)34)39(42,32-21-9-3-10-22-32)33-23-11-4-12-24-33/h13-16,25-27,30-33H,1-12,17-24,41-42H2. The molecule has 0 amide bonds. The molecule has 4 fully saturated rings. The molecule has 2 aromatic carbocycles. The zero-order chi connectivity index (χ0) is 28.6. The first-order valence-electron chi connectivity index (χ1n) is 18.0. The molecule has 1 heterocycles. The highest BCUT2D eigenvalue weighted by atomic mass is 31.0. The molecule has 0 saturated heterocycles. The predicted molar refractivity (Wildman–Crippen MR) is 188 cm³/mol. The third-order valence-electron chi connectivity index (χ3n) is 12.7. The van der Waals surface area contributed by atoms with Crippen LogP contribution >= 0.6 is 18.5 Å². The van der Waals surface area contributed by atoms with Crippen molar-refractivity contribution in [1.29, 1.82) is 0 Å². The summed E-state index contributed by atoms with van der Waals surface area (Å²) in [7, 11) is 7.11. The minimum Gasteiger partial charge on any atom is -0.247 e. The van der Waals surface area contributed by atoms with Crippen molar-refractivity contribution in [2.45, 2.75) is 139 Å². The van der Waals surface area contributed by atoms with Crippen molar-refractivity contribution in [3.05, 3.63) is 53.6 Å². The van der Waals surface area contributed by atoms with Gasteiger partial charge >= 0.3 is 0 Å². The van der Waals surface area contributed by atoms with Gasteiger partial charge in [0.2, 0.25) is 0 Å². The number of para-hydroxylation sites is 2. The average molecular weight is 600 g/mol. The highest BCUT2D eigenvalue weighted by Crippen LogP contribution is 2.58. The molecule has 42 heavy (non-hydrogen) atoms. The Labute approximate surface area is 260 Å². The van der Waals surface area contributed by atoms with Crippen molar-refractivity contribution in [1.82, 2.24) is 4.98 Å². The fourth-order valence-electron chi connectivity index (χ4n) is 10.5. The van der Waals surface area contributed by atoms with Crippen molar-refractivity contribution in [3.8, 4) is 0 Å². The van der Waals surface area contributed by atoms with Gasteiger partial charge in [-0.25, -0.2) is 4.98 Å². The Morgan fingerprint density at radius 3 is 1.07 bits per heavy atom. The molecular formula is C39H55NP2. The van der Waals surface area contributed by atoms with Crippen LogP contribution in [-0.4, -0.2) is 4.98 Å². The topological polar surface area (TPSA) is 12.9 Å². The number of hydrogen-bond acceptors (Lipinski definition) is 1. The second kappa shape index (κ2) is 12.8. The monoisotopic (exact) mass is 599 g/mol. The number of rotatable bonds is 6. The SMILES string of the molecule is PC(c1cccc2cc3cccc(C(P)(C4CCCCC4)C4CCCCC4)c3nc12)(C1CCCCC1)C1CCCCC1. The summed E-state index contributed by atoms with van der Waals surface area (Å²) in [5.74, 6) is 3.01. The molecule has 1 aromatic heterocycles. The summed E-state index contributed by atoms with van der Waals surface area (Å²) in [6.45, 7) is 0. The first kappa shape index (κ1) is 29.7. The van der Waals surface area contributed by atoms with Gasteiger partial charge in [0.05, 0.1) is 11.0 Å². The Hall–Kier alpha value is -1.03. The van der Waals surface area contributed by atoms with E-state index in [0.717, 1.165) is 23.7 Å². The Morgan fingerprint density at radius 2 is 0.762 bits per heavy atom. The highest BCUT2D eigenvalue weighted by molar-refractivity contribution is 7.18. The lowest BCUT2D eigenvalue weighted by Gasteiger charge is -2.48. The molecule has 7 rings (SSSR count). The lowest BCUT2D eigenvalue weighted by molar-refractivity contribution is 0.175. The zero-order valence-corrected chi connectivity index (χ0v) is 28.4. The van der Waals surface area contributed by atoms with E-state index in [9.17, 15) is 0 Å². The van der Waals surface area contributed by atoms with Crippen LogP contribution in [0.25, 0.3) is 21.8 Å². The second-order valence-electron chi connectivity index (χ2n) is 14.9. The van der Waals surface area contributed by atoms with Gasteiger partial charge in [0.25, 0.3) is 0 Å².